The quantitative estimate of drug-likeness (QED) is 0.382. The Morgan fingerprint density at radius 3 is 2.63 bits per heavy atom. The molecule has 2 bridgehead atoms. The van der Waals surface area contributed by atoms with Crippen LogP contribution in [0.1, 0.15) is 75.3 Å². The second-order valence-corrected chi connectivity index (χ2v) is 13.0. The summed E-state index contributed by atoms with van der Waals surface area (Å²) in [6, 6.07) is 9.46. The molecule has 2 amide bonds. The first-order valence-electron chi connectivity index (χ1n) is 15.1. The van der Waals surface area contributed by atoms with Crippen molar-refractivity contribution in [2.24, 2.45) is 17.3 Å². The summed E-state index contributed by atoms with van der Waals surface area (Å²) in [6.07, 6.45) is 11.0. The maximum absolute atomic E-state index is 13.8. The van der Waals surface area contributed by atoms with Gasteiger partial charge < -0.3 is 24.7 Å². The van der Waals surface area contributed by atoms with Gasteiger partial charge in [0.05, 0.1) is 36.6 Å². The monoisotopic (exact) mass is 560 g/mol. The molecule has 0 radical (unpaired) electrons. The molecule has 2 aromatic rings. The Labute approximate surface area is 242 Å². The molecule has 0 unspecified atom stereocenters. The van der Waals surface area contributed by atoms with E-state index in [2.05, 4.69) is 53.5 Å². The average molecular weight is 561 g/mol. The summed E-state index contributed by atoms with van der Waals surface area (Å²) in [5, 5.41) is 6.02. The number of rotatable bonds is 12. The van der Waals surface area contributed by atoms with E-state index in [0.29, 0.717) is 18.3 Å². The number of nitrogens with zero attached hydrogens (tertiary/aromatic N) is 2. The van der Waals surface area contributed by atoms with Crippen LogP contribution in [0.4, 0.5) is 0 Å². The van der Waals surface area contributed by atoms with Crippen molar-refractivity contribution >= 4 is 18.9 Å². The van der Waals surface area contributed by atoms with Crippen molar-refractivity contribution in [1.29, 1.82) is 0 Å². The molecule has 1 saturated heterocycles. The van der Waals surface area contributed by atoms with Gasteiger partial charge in [-0.1, -0.05) is 44.2 Å². The summed E-state index contributed by atoms with van der Waals surface area (Å²) in [5.74, 6) is -0.0860. The molecule has 4 saturated carbocycles. The number of amides is 2. The molecule has 6 atom stereocenters. The van der Waals surface area contributed by atoms with Crippen LogP contribution < -0.4 is 10.6 Å². The lowest BCUT2D eigenvalue weighted by Crippen LogP contribution is -2.65. The molecule has 1 aliphatic heterocycles. The van der Waals surface area contributed by atoms with Gasteiger partial charge in [0.25, 0.3) is 5.91 Å². The van der Waals surface area contributed by atoms with Gasteiger partial charge >= 0.3 is 7.12 Å². The largest absolute Gasteiger partial charge is 0.481 e. The van der Waals surface area contributed by atoms with E-state index in [4.69, 9.17) is 14.0 Å². The number of nitrogens with one attached hydrogen (secondary N) is 2. The van der Waals surface area contributed by atoms with Crippen molar-refractivity contribution in [3.63, 3.8) is 0 Å². The van der Waals surface area contributed by atoms with Gasteiger partial charge in [-0.15, -0.1) is 0 Å². The Bertz CT molecular complexity index is 1230. The summed E-state index contributed by atoms with van der Waals surface area (Å²) in [5.41, 5.74) is 1.25. The fraction of sp³-hybridized carbons (Fsp3) is 0.613. The van der Waals surface area contributed by atoms with Gasteiger partial charge in [0.15, 0.2) is 0 Å². The molecule has 5 fully saturated rings. The van der Waals surface area contributed by atoms with Crippen molar-refractivity contribution < 1.29 is 23.6 Å². The molecule has 9 nitrogen and oxygen atoms in total. The number of ether oxygens (including phenoxy) is 1. The van der Waals surface area contributed by atoms with Gasteiger partial charge in [0.2, 0.25) is 5.91 Å². The zero-order chi connectivity index (χ0) is 28.6. The predicted octanol–water partition coefficient (Wildman–Crippen LogP) is 3.53. The Balaban J connectivity index is 1.17. The lowest BCUT2D eigenvalue weighted by molar-refractivity contribution is -0.199. The Morgan fingerprint density at radius 2 is 1.93 bits per heavy atom. The van der Waals surface area contributed by atoms with Gasteiger partial charge in [0.1, 0.15) is 11.7 Å². The van der Waals surface area contributed by atoms with E-state index in [0.717, 1.165) is 38.5 Å². The first-order chi connectivity index (χ1) is 19.7. The molecule has 1 aromatic heterocycles. The molecule has 7 rings (SSSR count). The van der Waals surface area contributed by atoms with Crippen LogP contribution in [0.2, 0.25) is 0 Å². The zero-order valence-corrected chi connectivity index (χ0v) is 24.3. The van der Waals surface area contributed by atoms with Crippen LogP contribution in [0.25, 0.3) is 0 Å². The fourth-order valence-electron chi connectivity index (χ4n) is 7.10. The maximum Gasteiger partial charge on any atom is 0.481 e. The first-order valence-corrected chi connectivity index (χ1v) is 15.1. The molecular weight excluding hydrogens is 519 g/mol. The number of carbonyl (C=O) groups excluding carboxylic acids is 2. The number of aromatic nitrogens is 2. The Morgan fingerprint density at radius 1 is 1.12 bits per heavy atom. The van der Waals surface area contributed by atoms with E-state index >= 15 is 0 Å². The van der Waals surface area contributed by atoms with Crippen LogP contribution >= 0.6 is 0 Å². The highest BCUT2D eigenvalue weighted by atomic mass is 16.7. The second kappa shape index (κ2) is 11.5. The molecule has 1 aromatic carbocycles. The maximum atomic E-state index is 13.8. The van der Waals surface area contributed by atoms with E-state index in [-0.39, 0.29) is 47.4 Å². The van der Waals surface area contributed by atoms with E-state index in [1.54, 1.807) is 0 Å². The van der Waals surface area contributed by atoms with Crippen LogP contribution in [0, 0.1) is 17.3 Å². The third-order valence-electron chi connectivity index (χ3n) is 9.89. The standard InChI is InChI=1S/C31H41BN4O5/c1-30(2)21-16-25(30)31(3)26(17-21)40-32(41-31)27(11-7-10-20-8-5-4-6-9-20)36-29(38)24(19-39-22-12-13-22)35-28(37)23-18-33-14-15-34-23/h4-6,8-9,14-15,18,21-22,24-27H,7,10-13,16-17,19H2,1-3H3,(H,35,37)(H,36,38)/t21-,24+,25-,26+,27-,31-/m0/s1. The van der Waals surface area contributed by atoms with Crippen LogP contribution in [0.3, 0.4) is 0 Å². The van der Waals surface area contributed by atoms with E-state index in [1.165, 1.54) is 24.2 Å². The Kier molecular flexibility index (Phi) is 7.91. The molecule has 2 N–H and O–H groups in total. The highest BCUT2D eigenvalue weighted by Gasteiger charge is 2.68. The Hall–Kier alpha value is -2.82. The van der Waals surface area contributed by atoms with Crippen LogP contribution in [-0.4, -0.2) is 65.3 Å². The minimum Gasteiger partial charge on any atom is -0.404 e. The molecule has 2 heterocycles. The highest BCUT2D eigenvalue weighted by molar-refractivity contribution is 6.47. The number of hydrogen-bond acceptors (Lipinski definition) is 7. The average Bonchev–Trinajstić information content (AvgIpc) is 3.73. The van der Waals surface area contributed by atoms with Gasteiger partial charge in [-0.05, 0) is 74.7 Å². The lowest BCUT2D eigenvalue weighted by atomic mass is 9.43. The normalized spacial score (nSPS) is 29.1. The number of hydrogen-bond donors (Lipinski definition) is 2. The molecule has 218 valence electrons. The third kappa shape index (κ3) is 5.92. The second-order valence-electron chi connectivity index (χ2n) is 13.0. The van der Waals surface area contributed by atoms with Gasteiger partial charge in [0, 0.05) is 12.4 Å². The first kappa shape index (κ1) is 28.3. The summed E-state index contributed by atoms with van der Waals surface area (Å²) in [4.78, 5) is 34.7. The smallest absolute Gasteiger partial charge is 0.404 e. The number of aryl methyl sites for hydroxylation is 1. The topological polar surface area (TPSA) is 112 Å². The number of benzene rings is 1. The SMILES string of the molecule is CC1(C)[C@@H]2C[C@H]3OB([C@H](CCCc4ccccc4)NC(=O)[C@@H](COC4CC4)NC(=O)c4cnccn4)O[C@@]3(C)[C@H]1C2. The van der Waals surface area contributed by atoms with Crippen molar-refractivity contribution in [3.05, 3.63) is 60.2 Å². The van der Waals surface area contributed by atoms with Crippen molar-refractivity contribution in [2.75, 3.05) is 6.61 Å². The fourth-order valence-corrected chi connectivity index (χ4v) is 7.10. The predicted molar refractivity (Wildman–Crippen MR) is 154 cm³/mol. The summed E-state index contributed by atoms with van der Waals surface area (Å²) >= 11 is 0. The molecule has 0 spiro atoms. The minimum absolute atomic E-state index is 0.0168. The molecular formula is C31H41BN4O5. The highest BCUT2D eigenvalue weighted by Crippen LogP contribution is 2.65. The van der Waals surface area contributed by atoms with Crippen LogP contribution in [0.15, 0.2) is 48.9 Å². The van der Waals surface area contributed by atoms with E-state index < -0.39 is 19.1 Å². The van der Waals surface area contributed by atoms with Gasteiger partial charge in [-0.25, -0.2) is 4.98 Å². The van der Waals surface area contributed by atoms with Crippen molar-refractivity contribution in [1.82, 2.24) is 20.6 Å². The van der Waals surface area contributed by atoms with Crippen molar-refractivity contribution in [3.8, 4) is 0 Å². The van der Waals surface area contributed by atoms with Crippen LogP contribution in [-0.2, 0) is 25.3 Å². The summed E-state index contributed by atoms with van der Waals surface area (Å²) in [6.45, 7) is 6.96. The van der Waals surface area contributed by atoms with Gasteiger partial charge in [-0.2, -0.15) is 0 Å². The summed E-state index contributed by atoms with van der Waals surface area (Å²) in [7, 11) is -0.555. The molecule has 5 aliphatic rings. The minimum atomic E-state index is -0.882. The molecule has 4 aliphatic carbocycles. The number of carbonyl (C=O) groups is 2. The summed E-state index contributed by atoms with van der Waals surface area (Å²) < 4.78 is 19.2. The third-order valence-corrected chi connectivity index (χ3v) is 9.89. The lowest BCUT2D eigenvalue weighted by Gasteiger charge is -2.64. The molecule has 41 heavy (non-hydrogen) atoms. The van der Waals surface area contributed by atoms with E-state index in [1.807, 2.05) is 18.2 Å². The van der Waals surface area contributed by atoms with Crippen LogP contribution in [0.5, 0.6) is 0 Å². The van der Waals surface area contributed by atoms with Crippen molar-refractivity contribution in [2.45, 2.75) is 95.5 Å². The molecule has 10 heteroatoms. The van der Waals surface area contributed by atoms with E-state index in [9.17, 15) is 9.59 Å². The van der Waals surface area contributed by atoms with Gasteiger partial charge in [-0.3, -0.25) is 14.6 Å². The zero-order valence-electron chi connectivity index (χ0n) is 24.3.